The Kier molecular flexibility index (Phi) is 5.55. The third-order valence-corrected chi connectivity index (χ3v) is 7.09. The molecule has 6 heteroatoms. The Labute approximate surface area is 162 Å². The predicted molar refractivity (Wildman–Crippen MR) is 103 cm³/mol. The van der Waals surface area contributed by atoms with E-state index >= 15 is 0 Å². The average Bonchev–Trinajstić information content (AvgIpc) is 2.69. The van der Waals surface area contributed by atoms with Gasteiger partial charge in [0.2, 0.25) is 5.88 Å². The highest BCUT2D eigenvalue weighted by molar-refractivity contribution is 5.34. The average molecular weight is 376 g/mol. The zero-order chi connectivity index (χ0) is 18.9. The monoisotopic (exact) mass is 375 g/mol. The van der Waals surface area contributed by atoms with Crippen LogP contribution in [0.2, 0.25) is 0 Å². The molecule has 0 spiro atoms. The standard InChI is InChI=1S/C21H33N3O3/c1-26-19-18(11-22-20(23-19)27-2)21(25)16-9-6-10-17(21)14-24(13-16)12-15-7-4-3-5-8-15/h11,15-17,25H,3-10,12-14H2,1-2H3/t16-,17+,21?. The molecular weight excluding hydrogens is 342 g/mol. The Bertz CT molecular complexity index is 634. The number of piperidine rings is 1. The van der Waals surface area contributed by atoms with Crippen molar-refractivity contribution in [2.75, 3.05) is 33.9 Å². The van der Waals surface area contributed by atoms with Gasteiger partial charge in [-0.05, 0) is 31.6 Å². The number of nitrogens with zero attached hydrogens (tertiary/aromatic N) is 3. The van der Waals surface area contributed by atoms with Crippen LogP contribution in [0.5, 0.6) is 11.9 Å². The van der Waals surface area contributed by atoms with Crippen molar-refractivity contribution in [3.05, 3.63) is 11.8 Å². The number of methoxy groups -OCH3 is 2. The van der Waals surface area contributed by atoms with Crippen molar-refractivity contribution >= 4 is 0 Å². The summed E-state index contributed by atoms with van der Waals surface area (Å²) in [5.74, 6) is 1.70. The first-order chi connectivity index (χ1) is 13.1. The normalized spacial score (nSPS) is 32.3. The highest BCUT2D eigenvalue weighted by Gasteiger charge is 2.53. The van der Waals surface area contributed by atoms with E-state index in [1.807, 2.05) is 0 Å². The molecule has 3 atom stereocenters. The molecule has 1 aromatic rings. The second-order valence-corrected chi connectivity index (χ2v) is 8.65. The fourth-order valence-corrected chi connectivity index (χ4v) is 5.75. The summed E-state index contributed by atoms with van der Waals surface area (Å²) in [5, 5.41) is 11.9. The maximum Gasteiger partial charge on any atom is 0.319 e. The van der Waals surface area contributed by atoms with Crippen LogP contribution in [0.1, 0.15) is 56.9 Å². The lowest BCUT2D eigenvalue weighted by molar-refractivity contribution is -0.150. The van der Waals surface area contributed by atoms with Gasteiger partial charge in [-0.25, -0.2) is 4.98 Å². The highest BCUT2D eigenvalue weighted by Crippen LogP contribution is 2.51. The van der Waals surface area contributed by atoms with Crippen LogP contribution in [-0.4, -0.2) is 53.8 Å². The summed E-state index contributed by atoms with van der Waals surface area (Å²) in [6, 6.07) is 0.277. The van der Waals surface area contributed by atoms with Crippen LogP contribution in [0.15, 0.2) is 6.20 Å². The van der Waals surface area contributed by atoms with Crippen molar-refractivity contribution in [3.63, 3.8) is 0 Å². The second-order valence-electron chi connectivity index (χ2n) is 8.65. The first-order valence-electron chi connectivity index (χ1n) is 10.5. The van der Waals surface area contributed by atoms with E-state index in [0.29, 0.717) is 5.88 Å². The van der Waals surface area contributed by atoms with Crippen LogP contribution in [-0.2, 0) is 5.60 Å². The third-order valence-electron chi connectivity index (χ3n) is 7.09. The Hall–Kier alpha value is -1.40. The smallest absolute Gasteiger partial charge is 0.319 e. The topological polar surface area (TPSA) is 67.7 Å². The number of likely N-dealkylation sites (tertiary alicyclic amines) is 1. The van der Waals surface area contributed by atoms with Gasteiger partial charge >= 0.3 is 6.01 Å². The molecular formula is C21H33N3O3. The minimum Gasteiger partial charge on any atom is -0.481 e. The van der Waals surface area contributed by atoms with Gasteiger partial charge in [0.15, 0.2) is 0 Å². The Morgan fingerprint density at radius 3 is 2.37 bits per heavy atom. The van der Waals surface area contributed by atoms with Crippen molar-refractivity contribution in [1.82, 2.24) is 14.9 Å². The molecule has 27 heavy (non-hydrogen) atoms. The summed E-state index contributed by atoms with van der Waals surface area (Å²) in [4.78, 5) is 11.2. The molecule has 0 radical (unpaired) electrons. The fraction of sp³-hybridized carbons (Fsp3) is 0.810. The number of fused-ring (bicyclic) bond motifs is 2. The third kappa shape index (κ3) is 3.54. The highest BCUT2D eigenvalue weighted by atomic mass is 16.5. The summed E-state index contributed by atoms with van der Waals surface area (Å²) >= 11 is 0. The van der Waals surface area contributed by atoms with Crippen molar-refractivity contribution in [1.29, 1.82) is 0 Å². The molecule has 2 bridgehead atoms. The molecule has 3 fully saturated rings. The number of ether oxygens (including phenoxy) is 2. The first-order valence-corrected chi connectivity index (χ1v) is 10.5. The minimum atomic E-state index is -0.904. The van der Waals surface area contributed by atoms with Gasteiger partial charge in [0.25, 0.3) is 0 Å². The summed E-state index contributed by atoms with van der Waals surface area (Å²) in [5.41, 5.74) is -0.170. The number of aromatic nitrogens is 2. The van der Waals surface area contributed by atoms with Crippen LogP contribution >= 0.6 is 0 Å². The van der Waals surface area contributed by atoms with Gasteiger partial charge in [-0.2, -0.15) is 4.98 Å². The molecule has 2 aliphatic carbocycles. The van der Waals surface area contributed by atoms with Gasteiger partial charge in [-0.1, -0.05) is 25.7 Å². The molecule has 1 aliphatic heterocycles. The molecule has 150 valence electrons. The van der Waals surface area contributed by atoms with Gasteiger partial charge in [-0.3, -0.25) is 0 Å². The van der Waals surface area contributed by atoms with Crippen molar-refractivity contribution in [3.8, 4) is 11.9 Å². The van der Waals surface area contributed by atoms with Crippen molar-refractivity contribution in [2.45, 2.75) is 57.0 Å². The van der Waals surface area contributed by atoms with Gasteiger partial charge in [-0.15, -0.1) is 0 Å². The van der Waals surface area contributed by atoms with Gasteiger partial charge in [0.1, 0.15) is 5.60 Å². The fourth-order valence-electron chi connectivity index (χ4n) is 5.75. The summed E-state index contributed by atoms with van der Waals surface area (Å²) in [6.07, 6.45) is 11.9. The van der Waals surface area contributed by atoms with E-state index in [1.165, 1.54) is 45.1 Å². The lowest BCUT2D eigenvalue weighted by atomic mass is 9.62. The van der Waals surface area contributed by atoms with Crippen LogP contribution in [0.3, 0.4) is 0 Å². The molecule has 1 saturated heterocycles. The molecule has 2 heterocycles. The Morgan fingerprint density at radius 2 is 1.74 bits per heavy atom. The van der Waals surface area contributed by atoms with Gasteiger partial charge in [0.05, 0.1) is 19.8 Å². The van der Waals surface area contributed by atoms with Crippen LogP contribution in [0.4, 0.5) is 0 Å². The molecule has 2 saturated carbocycles. The van der Waals surface area contributed by atoms with E-state index in [-0.39, 0.29) is 17.8 Å². The summed E-state index contributed by atoms with van der Waals surface area (Å²) < 4.78 is 10.7. The van der Waals surface area contributed by atoms with Gasteiger partial charge in [0, 0.05) is 37.7 Å². The molecule has 6 nitrogen and oxygen atoms in total. The predicted octanol–water partition coefficient (Wildman–Crippen LogP) is 2.99. The van der Waals surface area contributed by atoms with Crippen molar-refractivity contribution in [2.24, 2.45) is 17.8 Å². The lowest BCUT2D eigenvalue weighted by Gasteiger charge is -2.53. The maximum atomic E-state index is 11.9. The number of aliphatic hydroxyl groups is 1. The summed E-state index contributed by atoms with van der Waals surface area (Å²) in [7, 11) is 3.14. The SMILES string of the molecule is COc1ncc(C2(O)[C@@H]3CCC[C@H]2CN(CC2CCCCC2)C3)c(OC)n1. The minimum absolute atomic E-state index is 0.208. The molecule has 0 amide bonds. The number of hydrogen-bond donors (Lipinski definition) is 1. The van der Waals surface area contributed by atoms with Gasteiger partial charge < -0.3 is 19.5 Å². The second kappa shape index (κ2) is 7.92. The first kappa shape index (κ1) is 18.9. The maximum absolute atomic E-state index is 11.9. The molecule has 1 aromatic heterocycles. The van der Waals surface area contributed by atoms with Crippen LogP contribution < -0.4 is 9.47 Å². The van der Waals surface area contributed by atoms with Crippen LogP contribution in [0.25, 0.3) is 0 Å². The Morgan fingerprint density at radius 1 is 1.04 bits per heavy atom. The van der Waals surface area contributed by atoms with E-state index < -0.39 is 5.60 Å². The number of hydrogen-bond acceptors (Lipinski definition) is 6. The molecule has 0 aromatic carbocycles. The number of rotatable bonds is 5. The van der Waals surface area contributed by atoms with E-state index in [1.54, 1.807) is 20.4 Å². The van der Waals surface area contributed by atoms with Crippen molar-refractivity contribution < 1.29 is 14.6 Å². The molecule has 1 unspecified atom stereocenters. The van der Waals surface area contributed by atoms with E-state index in [2.05, 4.69) is 14.9 Å². The summed E-state index contributed by atoms with van der Waals surface area (Å²) in [6.45, 7) is 3.11. The zero-order valence-corrected chi connectivity index (χ0v) is 16.7. The van der Waals surface area contributed by atoms with E-state index in [0.717, 1.165) is 37.4 Å². The molecule has 1 N–H and O–H groups in total. The Balaban J connectivity index is 1.57. The molecule has 3 aliphatic rings. The molecule has 4 rings (SSSR count). The van der Waals surface area contributed by atoms with E-state index in [9.17, 15) is 5.11 Å². The largest absolute Gasteiger partial charge is 0.481 e. The quantitative estimate of drug-likeness (QED) is 0.853. The lowest BCUT2D eigenvalue weighted by Crippen LogP contribution is -2.58. The van der Waals surface area contributed by atoms with Crippen LogP contribution in [0, 0.1) is 17.8 Å². The zero-order valence-electron chi connectivity index (χ0n) is 16.7. The van der Waals surface area contributed by atoms with E-state index in [4.69, 9.17) is 9.47 Å².